The van der Waals surface area contributed by atoms with Crippen molar-refractivity contribution in [3.05, 3.63) is 150 Å². The number of rotatable bonds is 8. The van der Waals surface area contributed by atoms with Gasteiger partial charge in [0.15, 0.2) is 11.6 Å². The number of pyridine rings is 2. The number of benzene rings is 4. The molecule has 8 rings (SSSR count). The minimum absolute atomic E-state index is 0.0512. The van der Waals surface area contributed by atoms with Crippen molar-refractivity contribution in [3.63, 3.8) is 0 Å². The van der Waals surface area contributed by atoms with E-state index in [-0.39, 0.29) is 23.8 Å². The first-order valence-corrected chi connectivity index (χ1v) is 20.3. The fraction of sp³-hybridized carbons (Fsp3) is 0.250. The van der Waals surface area contributed by atoms with Gasteiger partial charge in [-0.2, -0.15) is 0 Å². The van der Waals surface area contributed by atoms with E-state index in [4.69, 9.17) is 22.3 Å². The maximum atomic E-state index is 11.5. The van der Waals surface area contributed by atoms with E-state index in [0.717, 1.165) is 97.3 Å². The molecule has 0 unspecified atom stereocenters. The number of nitrogens with zero attached hydrogens (tertiary/aromatic N) is 4. The van der Waals surface area contributed by atoms with Gasteiger partial charge < -0.3 is 31.1 Å². The summed E-state index contributed by atoms with van der Waals surface area (Å²) in [5.74, 6) is 0.873. The van der Waals surface area contributed by atoms with Crippen LogP contribution in [0.5, 0.6) is 0 Å². The number of nitrogens with two attached hydrogens (primary N) is 1. The molecule has 10 nitrogen and oxygen atoms in total. The first-order chi connectivity index (χ1) is 28.5. The molecule has 6 aromatic rings. The average molecular weight is 811 g/mol. The lowest BCUT2D eigenvalue weighted by Gasteiger charge is -2.32. The van der Waals surface area contributed by atoms with E-state index in [9.17, 15) is 19.8 Å². The molecule has 0 amide bonds. The summed E-state index contributed by atoms with van der Waals surface area (Å²) in [4.78, 5) is 36.0. The Morgan fingerprint density at radius 3 is 1.49 bits per heavy atom. The number of halogens is 1. The Labute approximate surface area is 351 Å². The highest BCUT2D eigenvalue weighted by Crippen LogP contribution is 2.31. The molecular formula is C48H51ClN6O4. The number of hydrogen-bond acceptors (Lipinski definition) is 10. The first-order valence-electron chi connectivity index (χ1n) is 19.9. The number of ketones is 2. The minimum Gasteiger partial charge on any atom is -0.399 e. The topological polar surface area (TPSA) is 145 Å². The van der Waals surface area contributed by atoms with Gasteiger partial charge in [0, 0.05) is 77.2 Å². The van der Waals surface area contributed by atoms with Gasteiger partial charge in [0.2, 0.25) is 0 Å². The molecule has 2 aromatic heterocycles. The zero-order valence-corrected chi connectivity index (χ0v) is 34.2. The second kappa shape index (κ2) is 20.6. The highest BCUT2D eigenvalue weighted by Gasteiger charge is 2.20. The predicted molar refractivity (Wildman–Crippen MR) is 240 cm³/mol. The fourth-order valence-corrected chi connectivity index (χ4v) is 7.05. The molecule has 2 aliphatic heterocycles. The molecule has 2 fully saturated rings. The lowest BCUT2D eigenvalue weighted by molar-refractivity contribution is 0.100. The number of carbonyl (C=O) groups excluding carboxylic acids is 2. The molecule has 59 heavy (non-hydrogen) atoms. The SMILES string of the molecule is CC(=O)c1ccc(N)cc1.CC(=O)c1ccc(Nc2cc(N3CCC(O)CC3)cc(-c3ccccc3)n2)cc1.OC1CCN(c2cc(Cl)nc(-c3ccccc3)c2)CC1. The van der Waals surface area contributed by atoms with Gasteiger partial charge in [-0.3, -0.25) is 9.59 Å². The number of Topliss-reactive ketones (excluding diaryl/α,β-unsaturated/α-hetero) is 2. The highest BCUT2D eigenvalue weighted by atomic mass is 35.5. The van der Waals surface area contributed by atoms with Crippen molar-refractivity contribution < 1.29 is 19.8 Å². The lowest BCUT2D eigenvalue weighted by Crippen LogP contribution is -2.35. The van der Waals surface area contributed by atoms with Crippen LogP contribution in [0, 0.1) is 0 Å². The van der Waals surface area contributed by atoms with Crippen molar-refractivity contribution in [1.29, 1.82) is 0 Å². The summed E-state index contributed by atoms with van der Waals surface area (Å²) >= 11 is 6.16. The lowest BCUT2D eigenvalue weighted by atomic mass is 10.1. The maximum Gasteiger partial charge on any atom is 0.159 e. The summed E-state index contributed by atoms with van der Waals surface area (Å²) in [6, 6.07) is 42.6. The van der Waals surface area contributed by atoms with Crippen molar-refractivity contribution in [3.8, 4) is 22.5 Å². The largest absolute Gasteiger partial charge is 0.399 e. The summed E-state index contributed by atoms with van der Waals surface area (Å²) in [5.41, 5.74) is 14.5. The number of piperidine rings is 2. The van der Waals surface area contributed by atoms with Crippen LogP contribution in [0.15, 0.2) is 133 Å². The first kappa shape index (κ1) is 42.5. The number of nitrogens with one attached hydrogen (secondary N) is 1. The molecule has 0 aliphatic carbocycles. The van der Waals surface area contributed by atoms with Crippen LogP contribution >= 0.6 is 11.6 Å². The van der Waals surface area contributed by atoms with Crippen LogP contribution in [0.3, 0.4) is 0 Å². The number of anilines is 5. The second-order valence-corrected chi connectivity index (χ2v) is 15.1. The normalized spacial score (nSPS) is 14.3. The van der Waals surface area contributed by atoms with Gasteiger partial charge in [0.05, 0.1) is 23.6 Å². The van der Waals surface area contributed by atoms with Crippen LogP contribution in [0.4, 0.5) is 28.6 Å². The molecule has 0 bridgehead atoms. The number of aliphatic hydroxyl groups excluding tert-OH is 2. The van der Waals surface area contributed by atoms with E-state index in [0.29, 0.717) is 22.0 Å². The smallest absolute Gasteiger partial charge is 0.159 e. The molecule has 0 radical (unpaired) electrons. The zero-order valence-electron chi connectivity index (χ0n) is 33.5. The summed E-state index contributed by atoms with van der Waals surface area (Å²) in [6.45, 7) is 6.46. The average Bonchev–Trinajstić information content (AvgIpc) is 3.25. The monoisotopic (exact) mass is 810 g/mol. The number of hydrogen-bond donors (Lipinski definition) is 4. The van der Waals surface area contributed by atoms with Gasteiger partial charge in [-0.05, 0) is 106 Å². The van der Waals surface area contributed by atoms with Crippen molar-refractivity contribution in [2.45, 2.75) is 51.7 Å². The Kier molecular flexibility index (Phi) is 14.8. The molecule has 0 spiro atoms. The van der Waals surface area contributed by atoms with Gasteiger partial charge >= 0.3 is 0 Å². The second-order valence-electron chi connectivity index (χ2n) is 14.7. The van der Waals surface area contributed by atoms with E-state index >= 15 is 0 Å². The molecule has 4 aromatic carbocycles. The Morgan fingerprint density at radius 1 is 0.610 bits per heavy atom. The fourth-order valence-electron chi connectivity index (χ4n) is 6.84. The Hall–Kier alpha value is -6.07. The Morgan fingerprint density at radius 2 is 1.03 bits per heavy atom. The number of aliphatic hydroxyl groups is 2. The summed E-state index contributed by atoms with van der Waals surface area (Å²) < 4.78 is 0. The van der Waals surface area contributed by atoms with E-state index in [1.54, 1.807) is 31.2 Å². The van der Waals surface area contributed by atoms with Crippen LogP contribution in [-0.4, -0.2) is 70.1 Å². The molecule has 304 valence electrons. The molecule has 5 N–H and O–H groups in total. The quantitative estimate of drug-likeness (QED) is 0.0667. The van der Waals surface area contributed by atoms with Crippen molar-refractivity contribution in [2.24, 2.45) is 0 Å². The van der Waals surface area contributed by atoms with E-state index in [1.165, 1.54) is 6.92 Å². The third-order valence-electron chi connectivity index (χ3n) is 10.3. The standard InChI is InChI=1S/C24H25N3O2.C16H17ClN2O.C8H9NO/c1-17(28)18-7-9-20(10-8-18)25-24-16-21(27-13-11-22(29)12-14-27)15-23(26-24)19-5-3-2-4-6-19;17-16-11-13(19-8-6-14(20)7-9-19)10-15(18-16)12-4-2-1-3-5-12;1-6(10)7-2-4-8(9)5-3-7/h2-10,15-16,22,29H,11-14H2,1H3,(H,25,26);1-5,10-11,14,20H,6-9H2;2-5H,9H2,1H3. The molecule has 11 heteroatoms. The highest BCUT2D eigenvalue weighted by molar-refractivity contribution is 6.29. The van der Waals surface area contributed by atoms with Crippen molar-refractivity contribution in [2.75, 3.05) is 47.0 Å². The minimum atomic E-state index is -0.209. The van der Waals surface area contributed by atoms with Crippen LogP contribution in [0.1, 0.15) is 60.2 Å². The maximum absolute atomic E-state index is 11.5. The zero-order chi connectivity index (χ0) is 41.7. The van der Waals surface area contributed by atoms with Gasteiger partial charge in [-0.25, -0.2) is 9.97 Å². The van der Waals surface area contributed by atoms with Crippen molar-refractivity contribution >= 4 is 51.7 Å². The number of carbonyl (C=O) groups is 2. The van der Waals surface area contributed by atoms with Crippen molar-refractivity contribution in [1.82, 2.24) is 9.97 Å². The van der Waals surface area contributed by atoms with Gasteiger partial charge in [-0.15, -0.1) is 0 Å². The van der Waals surface area contributed by atoms with Crippen LogP contribution in [0.2, 0.25) is 5.15 Å². The molecular weight excluding hydrogens is 760 g/mol. The van der Waals surface area contributed by atoms with E-state index < -0.39 is 0 Å². The predicted octanol–water partition coefficient (Wildman–Crippen LogP) is 9.49. The van der Waals surface area contributed by atoms with Gasteiger partial charge in [-0.1, -0.05) is 72.3 Å². The third kappa shape index (κ3) is 12.5. The summed E-state index contributed by atoms with van der Waals surface area (Å²) in [7, 11) is 0. The Bertz CT molecular complexity index is 2280. The summed E-state index contributed by atoms with van der Waals surface area (Å²) in [5, 5.41) is 23.3. The van der Waals surface area contributed by atoms with Crippen LogP contribution < -0.4 is 20.9 Å². The number of aromatic nitrogens is 2. The van der Waals surface area contributed by atoms with Crippen LogP contribution in [0.25, 0.3) is 22.5 Å². The summed E-state index contributed by atoms with van der Waals surface area (Å²) in [6.07, 6.45) is 2.79. The molecule has 0 saturated carbocycles. The Balaban J connectivity index is 0.000000168. The number of nitrogen functional groups attached to an aromatic ring is 1. The molecule has 2 saturated heterocycles. The molecule has 2 aliphatic rings. The van der Waals surface area contributed by atoms with Gasteiger partial charge in [0.25, 0.3) is 0 Å². The molecule has 4 heterocycles. The van der Waals surface area contributed by atoms with Crippen LogP contribution in [-0.2, 0) is 0 Å². The van der Waals surface area contributed by atoms with E-state index in [2.05, 4.69) is 44.4 Å². The van der Waals surface area contributed by atoms with Gasteiger partial charge in [0.1, 0.15) is 11.0 Å². The van der Waals surface area contributed by atoms with E-state index in [1.807, 2.05) is 84.9 Å². The third-order valence-corrected chi connectivity index (χ3v) is 10.5. The molecule has 0 atom stereocenters.